The van der Waals surface area contributed by atoms with Crippen molar-refractivity contribution < 1.29 is 9.72 Å². The molecule has 3 N–H and O–H groups in total. The van der Waals surface area contributed by atoms with Gasteiger partial charge in [-0.2, -0.15) is 0 Å². The molecule has 1 rings (SSSR count). The van der Waals surface area contributed by atoms with Gasteiger partial charge < -0.3 is 15.6 Å². The topological polar surface area (TPSA) is 108 Å². The van der Waals surface area contributed by atoms with Gasteiger partial charge in [-0.15, -0.1) is 0 Å². The molecule has 0 fully saturated rings. The Morgan fingerprint density at radius 2 is 2.16 bits per heavy atom. The largest absolute Gasteiger partial charge is 0.351 e. The first-order chi connectivity index (χ1) is 8.88. The van der Waals surface area contributed by atoms with E-state index >= 15 is 0 Å². The monoisotopic (exact) mass is 269 g/mol. The second kappa shape index (κ2) is 6.30. The third-order valence-corrected chi connectivity index (χ3v) is 2.90. The summed E-state index contributed by atoms with van der Waals surface area (Å²) in [7, 11) is 5.35. The first kappa shape index (κ1) is 15.1. The quantitative estimate of drug-likeness (QED) is 0.436. The van der Waals surface area contributed by atoms with Gasteiger partial charge in [0.05, 0.1) is 17.3 Å². The second-order valence-electron chi connectivity index (χ2n) is 4.47. The molecular formula is C11H19N5O3. The lowest BCUT2D eigenvalue weighted by Crippen LogP contribution is -2.47. The van der Waals surface area contributed by atoms with Crippen LogP contribution < -0.4 is 5.73 Å². The summed E-state index contributed by atoms with van der Waals surface area (Å²) in [5.41, 5.74) is 5.59. The molecule has 8 heteroatoms. The summed E-state index contributed by atoms with van der Waals surface area (Å²) in [6.45, 7) is 0.450. The van der Waals surface area contributed by atoms with E-state index in [1.54, 1.807) is 7.05 Å². The Kier molecular flexibility index (Phi) is 5.02. The molecule has 19 heavy (non-hydrogen) atoms. The number of aromatic amines is 1. The lowest BCUT2D eigenvalue weighted by Gasteiger charge is -2.32. The Balaban J connectivity index is 2.87. The fourth-order valence-corrected chi connectivity index (χ4v) is 1.88. The number of nitrogens with zero attached hydrogens (tertiary/aromatic N) is 3. The smallest absolute Gasteiger partial charge is 0.287 e. The van der Waals surface area contributed by atoms with Crippen molar-refractivity contribution >= 4 is 11.6 Å². The van der Waals surface area contributed by atoms with Crippen LogP contribution in [0.25, 0.3) is 0 Å². The van der Waals surface area contributed by atoms with Gasteiger partial charge in [0.25, 0.3) is 11.6 Å². The number of carbonyl (C=O) groups is 1. The lowest BCUT2D eigenvalue weighted by atomic mass is 10.2. The van der Waals surface area contributed by atoms with Crippen molar-refractivity contribution in [3.05, 3.63) is 28.1 Å². The normalized spacial score (nSPS) is 12.5. The van der Waals surface area contributed by atoms with Crippen molar-refractivity contribution in [2.45, 2.75) is 12.6 Å². The number of hydrogen-bond donors (Lipinski definition) is 2. The van der Waals surface area contributed by atoms with Gasteiger partial charge in [-0.3, -0.25) is 19.8 Å². The molecule has 0 radical (unpaired) electrons. The number of carbonyl (C=O) groups excluding carboxylic acids is 1. The van der Waals surface area contributed by atoms with Gasteiger partial charge in [-0.05, 0) is 27.1 Å². The highest BCUT2D eigenvalue weighted by Gasteiger charge is 2.24. The molecule has 0 aliphatic rings. The Hall–Kier alpha value is -1.93. The standard InChI is InChI=1S/C11H19N5O3/c1-14(2)10(4-5-12)15(3)11(17)9-6-8(7-13-9)16(18)19/h6-7,10,13H,4-5,12H2,1-3H3. The van der Waals surface area contributed by atoms with Gasteiger partial charge >= 0.3 is 0 Å². The molecule has 0 saturated carbocycles. The molecule has 1 aromatic heterocycles. The number of H-pyrrole nitrogens is 1. The van der Waals surface area contributed by atoms with Gasteiger partial charge in [0.2, 0.25) is 0 Å². The van der Waals surface area contributed by atoms with Crippen LogP contribution in [-0.2, 0) is 0 Å². The summed E-state index contributed by atoms with van der Waals surface area (Å²) in [6, 6.07) is 1.23. The fraction of sp³-hybridized carbons (Fsp3) is 0.545. The van der Waals surface area contributed by atoms with Gasteiger partial charge in [-0.1, -0.05) is 0 Å². The average molecular weight is 269 g/mol. The number of aromatic nitrogens is 1. The molecule has 0 aliphatic carbocycles. The molecule has 1 atom stereocenters. The highest BCUT2D eigenvalue weighted by Crippen LogP contribution is 2.15. The Morgan fingerprint density at radius 3 is 2.58 bits per heavy atom. The average Bonchev–Trinajstić information content (AvgIpc) is 2.83. The molecule has 0 aliphatic heterocycles. The summed E-state index contributed by atoms with van der Waals surface area (Å²) in [6.07, 6.45) is 1.67. The maximum atomic E-state index is 12.2. The minimum absolute atomic E-state index is 0.128. The van der Waals surface area contributed by atoms with Crippen LogP contribution in [0, 0.1) is 10.1 Å². The number of nitrogens with one attached hydrogen (secondary N) is 1. The van der Waals surface area contributed by atoms with Gasteiger partial charge in [-0.25, -0.2) is 0 Å². The van der Waals surface area contributed by atoms with Crippen LogP contribution in [0.5, 0.6) is 0 Å². The summed E-state index contributed by atoms with van der Waals surface area (Å²) >= 11 is 0. The Morgan fingerprint density at radius 1 is 1.53 bits per heavy atom. The first-order valence-electron chi connectivity index (χ1n) is 5.85. The second-order valence-corrected chi connectivity index (χ2v) is 4.47. The Labute approximate surface area is 111 Å². The summed E-state index contributed by atoms with van der Waals surface area (Å²) in [4.78, 5) is 28.3. The molecule has 0 saturated heterocycles. The number of rotatable bonds is 6. The molecule has 1 aromatic rings. The minimum atomic E-state index is -0.545. The highest BCUT2D eigenvalue weighted by atomic mass is 16.6. The van der Waals surface area contributed by atoms with Crippen LogP contribution >= 0.6 is 0 Å². The SMILES string of the molecule is CN(C)C(CCN)N(C)C(=O)c1cc([N+](=O)[O-])c[nH]1. The van der Waals surface area contributed by atoms with Crippen LogP contribution in [0.1, 0.15) is 16.9 Å². The fourth-order valence-electron chi connectivity index (χ4n) is 1.88. The van der Waals surface area contributed by atoms with E-state index in [2.05, 4.69) is 4.98 Å². The zero-order valence-corrected chi connectivity index (χ0v) is 11.3. The van der Waals surface area contributed by atoms with Gasteiger partial charge in [0.1, 0.15) is 5.69 Å². The van der Waals surface area contributed by atoms with Crippen LogP contribution in [0.3, 0.4) is 0 Å². The van der Waals surface area contributed by atoms with Crippen molar-refractivity contribution in [3.8, 4) is 0 Å². The number of nitrogens with two attached hydrogens (primary N) is 1. The van der Waals surface area contributed by atoms with Crippen LogP contribution in [0.15, 0.2) is 12.3 Å². The lowest BCUT2D eigenvalue weighted by molar-refractivity contribution is -0.384. The highest BCUT2D eigenvalue weighted by molar-refractivity contribution is 5.93. The molecule has 0 spiro atoms. The molecular weight excluding hydrogens is 250 g/mol. The van der Waals surface area contributed by atoms with Gasteiger partial charge in [0.15, 0.2) is 0 Å². The van der Waals surface area contributed by atoms with Crippen LogP contribution in [0.4, 0.5) is 5.69 Å². The molecule has 106 valence electrons. The number of nitro groups is 1. The van der Waals surface area contributed by atoms with Crippen molar-refractivity contribution in [2.75, 3.05) is 27.7 Å². The predicted molar refractivity (Wildman–Crippen MR) is 70.7 cm³/mol. The molecule has 0 bridgehead atoms. The number of amides is 1. The van der Waals surface area contributed by atoms with E-state index in [9.17, 15) is 14.9 Å². The molecule has 8 nitrogen and oxygen atoms in total. The van der Waals surface area contributed by atoms with E-state index in [0.717, 1.165) is 0 Å². The number of hydrogen-bond acceptors (Lipinski definition) is 5. The summed E-state index contributed by atoms with van der Waals surface area (Å²) in [5, 5.41) is 10.6. The van der Waals surface area contributed by atoms with Crippen molar-refractivity contribution in [2.24, 2.45) is 5.73 Å². The molecule has 1 heterocycles. The van der Waals surface area contributed by atoms with E-state index in [4.69, 9.17) is 5.73 Å². The zero-order chi connectivity index (χ0) is 14.6. The molecule has 0 aromatic carbocycles. The maximum absolute atomic E-state index is 12.2. The Bertz CT molecular complexity index is 457. The van der Waals surface area contributed by atoms with E-state index in [1.165, 1.54) is 17.2 Å². The van der Waals surface area contributed by atoms with E-state index in [0.29, 0.717) is 13.0 Å². The molecule has 1 unspecified atom stereocenters. The van der Waals surface area contributed by atoms with E-state index < -0.39 is 4.92 Å². The van der Waals surface area contributed by atoms with Crippen molar-refractivity contribution in [3.63, 3.8) is 0 Å². The first-order valence-corrected chi connectivity index (χ1v) is 5.85. The van der Waals surface area contributed by atoms with E-state index in [1.807, 2.05) is 19.0 Å². The third-order valence-electron chi connectivity index (χ3n) is 2.90. The molecule has 1 amide bonds. The van der Waals surface area contributed by atoms with Crippen molar-refractivity contribution in [1.29, 1.82) is 0 Å². The van der Waals surface area contributed by atoms with Crippen LogP contribution in [-0.4, -0.2) is 59.5 Å². The zero-order valence-electron chi connectivity index (χ0n) is 11.3. The van der Waals surface area contributed by atoms with Crippen LogP contribution in [0.2, 0.25) is 0 Å². The predicted octanol–water partition coefficient (Wildman–Crippen LogP) is 0.231. The third kappa shape index (κ3) is 3.52. The van der Waals surface area contributed by atoms with Gasteiger partial charge in [0, 0.05) is 13.1 Å². The van der Waals surface area contributed by atoms with E-state index in [-0.39, 0.29) is 23.5 Å². The summed E-state index contributed by atoms with van der Waals surface area (Å²) < 4.78 is 0. The van der Waals surface area contributed by atoms with Crippen molar-refractivity contribution in [1.82, 2.24) is 14.8 Å². The minimum Gasteiger partial charge on any atom is -0.351 e. The maximum Gasteiger partial charge on any atom is 0.287 e. The summed E-state index contributed by atoms with van der Waals surface area (Å²) in [5.74, 6) is -0.305.